The molecule has 0 bridgehead atoms. The molecule has 1 heterocycles. The van der Waals surface area contributed by atoms with Gasteiger partial charge in [0.05, 0.1) is 5.69 Å². The standard InChI is InChI=1S/C20H26FN3O/c1-13(2)11-15-7-5-6-8-16(15)12-24(17-9-10-17)20(25)18-14(3)22-23(4)19(18)21/h5-8,13,17H,9-12H2,1-4H3. The highest BCUT2D eigenvalue weighted by Gasteiger charge is 2.36. The fraction of sp³-hybridized carbons (Fsp3) is 0.500. The van der Waals surface area contributed by atoms with Gasteiger partial charge in [0.2, 0.25) is 5.95 Å². The smallest absolute Gasteiger partial charge is 0.260 e. The van der Waals surface area contributed by atoms with Gasteiger partial charge in [-0.15, -0.1) is 0 Å². The number of benzene rings is 1. The summed E-state index contributed by atoms with van der Waals surface area (Å²) in [5, 5.41) is 4.05. The van der Waals surface area contributed by atoms with Crippen LogP contribution in [0.3, 0.4) is 0 Å². The molecule has 0 N–H and O–H groups in total. The van der Waals surface area contributed by atoms with E-state index < -0.39 is 5.95 Å². The molecule has 4 nitrogen and oxygen atoms in total. The zero-order valence-corrected chi connectivity index (χ0v) is 15.4. The number of hydrogen-bond donors (Lipinski definition) is 0. The van der Waals surface area contributed by atoms with E-state index in [4.69, 9.17) is 0 Å². The van der Waals surface area contributed by atoms with E-state index in [0.717, 1.165) is 29.5 Å². The van der Waals surface area contributed by atoms with Crippen LogP contribution in [0.2, 0.25) is 0 Å². The van der Waals surface area contributed by atoms with Crippen molar-refractivity contribution in [3.05, 3.63) is 52.6 Å². The van der Waals surface area contributed by atoms with Crippen LogP contribution in [0.5, 0.6) is 0 Å². The molecule has 3 rings (SSSR count). The number of rotatable bonds is 6. The first kappa shape index (κ1) is 17.6. The van der Waals surface area contributed by atoms with Crippen LogP contribution >= 0.6 is 0 Å². The van der Waals surface area contributed by atoms with Crippen molar-refractivity contribution in [1.82, 2.24) is 14.7 Å². The number of halogens is 1. The van der Waals surface area contributed by atoms with Gasteiger partial charge in [0.25, 0.3) is 5.91 Å². The lowest BCUT2D eigenvalue weighted by molar-refractivity contribution is 0.0723. The lowest BCUT2D eigenvalue weighted by Gasteiger charge is -2.24. The Labute approximate surface area is 148 Å². The molecule has 0 saturated heterocycles. The van der Waals surface area contributed by atoms with Crippen LogP contribution in [0.15, 0.2) is 24.3 Å². The molecule has 1 aliphatic rings. The molecule has 25 heavy (non-hydrogen) atoms. The van der Waals surface area contributed by atoms with Gasteiger partial charge in [0, 0.05) is 19.6 Å². The van der Waals surface area contributed by atoms with Gasteiger partial charge in [-0.25, -0.2) is 4.68 Å². The van der Waals surface area contributed by atoms with Crippen molar-refractivity contribution >= 4 is 5.91 Å². The molecular weight excluding hydrogens is 317 g/mol. The average Bonchev–Trinajstić information content (AvgIpc) is 3.34. The third-order valence-corrected chi connectivity index (χ3v) is 4.70. The lowest BCUT2D eigenvalue weighted by atomic mass is 9.97. The molecule has 0 aliphatic heterocycles. The van der Waals surface area contributed by atoms with Crippen LogP contribution in [0.4, 0.5) is 4.39 Å². The molecule has 1 aromatic heterocycles. The second-order valence-corrected chi connectivity index (χ2v) is 7.41. The Balaban J connectivity index is 1.89. The first-order valence-electron chi connectivity index (χ1n) is 8.95. The number of carbonyl (C=O) groups is 1. The van der Waals surface area contributed by atoms with Crippen LogP contribution in [0.25, 0.3) is 0 Å². The summed E-state index contributed by atoms with van der Waals surface area (Å²) >= 11 is 0. The summed E-state index contributed by atoms with van der Waals surface area (Å²) in [5.41, 5.74) is 2.97. The number of aromatic nitrogens is 2. The van der Waals surface area contributed by atoms with Crippen LogP contribution in [0.1, 0.15) is 53.9 Å². The van der Waals surface area contributed by atoms with E-state index in [9.17, 15) is 9.18 Å². The SMILES string of the molecule is Cc1nn(C)c(F)c1C(=O)N(Cc1ccccc1CC(C)C)C1CC1. The number of nitrogens with zero attached hydrogens (tertiary/aromatic N) is 3. The fourth-order valence-electron chi connectivity index (χ4n) is 3.30. The Hall–Kier alpha value is -2.17. The van der Waals surface area contributed by atoms with E-state index in [2.05, 4.69) is 31.1 Å². The van der Waals surface area contributed by atoms with Gasteiger partial charge in [-0.2, -0.15) is 9.49 Å². The maximum atomic E-state index is 14.4. The third kappa shape index (κ3) is 3.75. The maximum absolute atomic E-state index is 14.4. The van der Waals surface area contributed by atoms with E-state index in [0.29, 0.717) is 18.2 Å². The van der Waals surface area contributed by atoms with Gasteiger partial charge in [0.15, 0.2) is 0 Å². The Morgan fingerprint density at radius 2 is 1.96 bits per heavy atom. The Morgan fingerprint density at radius 1 is 1.32 bits per heavy atom. The van der Waals surface area contributed by atoms with E-state index in [1.165, 1.54) is 12.6 Å². The summed E-state index contributed by atoms with van der Waals surface area (Å²) in [7, 11) is 1.53. The summed E-state index contributed by atoms with van der Waals surface area (Å²) in [5.74, 6) is -0.252. The largest absolute Gasteiger partial charge is 0.331 e. The first-order valence-corrected chi connectivity index (χ1v) is 8.95. The lowest BCUT2D eigenvalue weighted by Crippen LogP contribution is -2.33. The van der Waals surface area contributed by atoms with E-state index >= 15 is 0 Å². The number of carbonyl (C=O) groups excluding carboxylic acids is 1. The van der Waals surface area contributed by atoms with Gasteiger partial charge < -0.3 is 4.90 Å². The first-order chi connectivity index (χ1) is 11.9. The number of aryl methyl sites for hydroxylation is 2. The zero-order chi connectivity index (χ0) is 18.1. The predicted octanol–water partition coefficient (Wildman–Crippen LogP) is 3.87. The van der Waals surface area contributed by atoms with Crippen molar-refractivity contribution in [2.24, 2.45) is 13.0 Å². The van der Waals surface area contributed by atoms with Crippen molar-refractivity contribution in [1.29, 1.82) is 0 Å². The minimum atomic E-state index is -0.552. The second kappa shape index (κ2) is 6.98. The molecule has 1 saturated carbocycles. The van der Waals surface area contributed by atoms with Crippen molar-refractivity contribution in [3.8, 4) is 0 Å². The summed E-state index contributed by atoms with van der Waals surface area (Å²) in [6.45, 7) is 6.60. The van der Waals surface area contributed by atoms with Gasteiger partial charge in [0.1, 0.15) is 5.56 Å². The quantitative estimate of drug-likeness (QED) is 0.798. The topological polar surface area (TPSA) is 38.1 Å². The predicted molar refractivity (Wildman–Crippen MR) is 95.8 cm³/mol. The van der Waals surface area contributed by atoms with Crippen LogP contribution < -0.4 is 0 Å². The molecule has 0 radical (unpaired) electrons. The van der Waals surface area contributed by atoms with Crippen LogP contribution in [-0.4, -0.2) is 26.6 Å². The highest BCUT2D eigenvalue weighted by atomic mass is 19.1. The summed E-state index contributed by atoms with van der Waals surface area (Å²) < 4.78 is 15.5. The molecule has 0 spiro atoms. The van der Waals surface area contributed by atoms with Crippen LogP contribution in [-0.2, 0) is 20.0 Å². The molecule has 2 aromatic rings. The Kier molecular flexibility index (Phi) is 4.93. The molecular formula is C20H26FN3O. The van der Waals surface area contributed by atoms with E-state index in [1.807, 2.05) is 17.0 Å². The second-order valence-electron chi connectivity index (χ2n) is 7.41. The highest BCUT2D eigenvalue weighted by molar-refractivity contribution is 5.95. The van der Waals surface area contributed by atoms with E-state index in [-0.39, 0.29) is 17.5 Å². The van der Waals surface area contributed by atoms with Gasteiger partial charge >= 0.3 is 0 Å². The third-order valence-electron chi connectivity index (χ3n) is 4.70. The zero-order valence-electron chi connectivity index (χ0n) is 15.4. The van der Waals surface area contributed by atoms with Gasteiger partial charge in [-0.05, 0) is 43.2 Å². The van der Waals surface area contributed by atoms with Crippen molar-refractivity contribution in [3.63, 3.8) is 0 Å². The molecule has 5 heteroatoms. The van der Waals surface area contributed by atoms with Crippen molar-refractivity contribution in [2.45, 2.75) is 52.6 Å². The molecule has 1 aliphatic carbocycles. The minimum Gasteiger partial charge on any atom is -0.331 e. The molecule has 1 aromatic carbocycles. The van der Waals surface area contributed by atoms with Crippen molar-refractivity contribution in [2.75, 3.05) is 0 Å². The van der Waals surface area contributed by atoms with E-state index in [1.54, 1.807) is 6.92 Å². The van der Waals surface area contributed by atoms with Gasteiger partial charge in [-0.1, -0.05) is 38.1 Å². The maximum Gasteiger partial charge on any atom is 0.260 e. The summed E-state index contributed by atoms with van der Waals surface area (Å²) in [4.78, 5) is 14.9. The molecule has 134 valence electrons. The number of hydrogen-bond acceptors (Lipinski definition) is 2. The molecule has 0 atom stereocenters. The monoisotopic (exact) mass is 343 g/mol. The summed E-state index contributed by atoms with van der Waals surface area (Å²) in [6.07, 6.45) is 2.95. The fourth-order valence-corrected chi connectivity index (χ4v) is 3.30. The normalized spacial score (nSPS) is 14.2. The molecule has 1 amide bonds. The minimum absolute atomic E-state index is 0.107. The Bertz CT molecular complexity index is 777. The van der Waals surface area contributed by atoms with Gasteiger partial charge in [-0.3, -0.25) is 4.79 Å². The molecule has 0 unspecified atom stereocenters. The van der Waals surface area contributed by atoms with Crippen LogP contribution in [0, 0.1) is 18.8 Å². The highest BCUT2D eigenvalue weighted by Crippen LogP contribution is 2.31. The Morgan fingerprint density at radius 3 is 2.48 bits per heavy atom. The van der Waals surface area contributed by atoms with Crippen molar-refractivity contribution < 1.29 is 9.18 Å². The number of amides is 1. The summed E-state index contributed by atoms with van der Waals surface area (Å²) in [6, 6.07) is 8.45. The average molecular weight is 343 g/mol. The molecule has 1 fully saturated rings.